The summed E-state index contributed by atoms with van der Waals surface area (Å²) in [5.41, 5.74) is 5.79. The van der Waals surface area contributed by atoms with Crippen LogP contribution in [-0.4, -0.2) is 15.7 Å². The number of amides is 1. The van der Waals surface area contributed by atoms with Gasteiger partial charge in [0.25, 0.3) is 0 Å². The van der Waals surface area contributed by atoms with E-state index in [2.05, 4.69) is 5.10 Å². The monoisotopic (exact) mass is 181 g/mol. The molecule has 0 aliphatic rings. The third kappa shape index (κ3) is 2.31. The number of carbonyl (C=O) groups is 1. The molecule has 1 aromatic rings. The van der Waals surface area contributed by atoms with Gasteiger partial charge in [0.2, 0.25) is 5.91 Å². The van der Waals surface area contributed by atoms with Crippen LogP contribution < -0.4 is 5.73 Å². The van der Waals surface area contributed by atoms with E-state index in [0.29, 0.717) is 6.54 Å². The Hall–Kier alpha value is -1.32. The van der Waals surface area contributed by atoms with E-state index in [1.807, 2.05) is 27.0 Å². The highest BCUT2D eigenvalue weighted by molar-refractivity contribution is 5.79. The van der Waals surface area contributed by atoms with Gasteiger partial charge in [0.1, 0.15) is 0 Å². The van der Waals surface area contributed by atoms with Crippen molar-refractivity contribution < 1.29 is 4.79 Å². The molecule has 0 fully saturated rings. The van der Waals surface area contributed by atoms with Crippen molar-refractivity contribution in [3.8, 4) is 0 Å². The Kier molecular flexibility index (Phi) is 2.40. The minimum atomic E-state index is -0.543. The van der Waals surface area contributed by atoms with E-state index in [0.717, 1.165) is 5.56 Å². The number of primary amides is 1. The van der Waals surface area contributed by atoms with E-state index in [4.69, 9.17) is 5.73 Å². The normalized spacial score (nSPS) is 11.6. The maximum atomic E-state index is 11.0. The minimum Gasteiger partial charge on any atom is -0.369 e. The van der Waals surface area contributed by atoms with Gasteiger partial charge in [-0.2, -0.15) is 5.10 Å². The van der Waals surface area contributed by atoms with E-state index in [1.54, 1.807) is 10.9 Å². The van der Waals surface area contributed by atoms with Crippen molar-refractivity contribution in [2.45, 2.75) is 27.3 Å². The van der Waals surface area contributed by atoms with Gasteiger partial charge in [0.05, 0.1) is 18.2 Å². The van der Waals surface area contributed by atoms with Crippen molar-refractivity contribution in [1.82, 2.24) is 9.78 Å². The Morgan fingerprint density at radius 1 is 1.69 bits per heavy atom. The van der Waals surface area contributed by atoms with Crippen molar-refractivity contribution in [2.24, 2.45) is 11.1 Å². The summed E-state index contributed by atoms with van der Waals surface area (Å²) in [5.74, 6) is -0.305. The van der Waals surface area contributed by atoms with Crippen LogP contribution in [0.3, 0.4) is 0 Å². The third-order valence-electron chi connectivity index (χ3n) is 1.99. The van der Waals surface area contributed by atoms with Crippen LogP contribution in [0.25, 0.3) is 0 Å². The second-order valence-electron chi connectivity index (χ2n) is 3.96. The summed E-state index contributed by atoms with van der Waals surface area (Å²) in [5, 5.41) is 4.09. The quantitative estimate of drug-likeness (QED) is 0.746. The number of carbonyl (C=O) groups excluding carboxylic acids is 1. The highest BCUT2D eigenvalue weighted by atomic mass is 16.1. The summed E-state index contributed by atoms with van der Waals surface area (Å²) < 4.78 is 1.74. The fourth-order valence-corrected chi connectivity index (χ4v) is 1.04. The highest BCUT2D eigenvalue weighted by Gasteiger charge is 2.25. The standard InChI is InChI=1S/C9H15N3O/c1-7-4-11-12(5-7)6-9(2,3)8(10)13/h4-5H,6H2,1-3H3,(H2,10,13). The molecule has 0 aromatic carbocycles. The van der Waals surface area contributed by atoms with Crippen LogP contribution >= 0.6 is 0 Å². The number of hydrogen-bond donors (Lipinski definition) is 1. The van der Waals surface area contributed by atoms with Gasteiger partial charge in [0, 0.05) is 6.20 Å². The first-order valence-corrected chi connectivity index (χ1v) is 4.21. The summed E-state index contributed by atoms with van der Waals surface area (Å²) in [4.78, 5) is 11.0. The predicted octanol–water partition coefficient (Wildman–Crippen LogP) is 0.703. The lowest BCUT2D eigenvalue weighted by Gasteiger charge is -2.19. The molecule has 0 aliphatic heterocycles. The van der Waals surface area contributed by atoms with Crippen LogP contribution in [0.1, 0.15) is 19.4 Å². The predicted molar refractivity (Wildman–Crippen MR) is 49.9 cm³/mol. The summed E-state index contributed by atoms with van der Waals surface area (Å²) in [6, 6.07) is 0. The van der Waals surface area contributed by atoms with Gasteiger partial charge in [-0.3, -0.25) is 9.48 Å². The first-order chi connectivity index (χ1) is 5.92. The fraction of sp³-hybridized carbons (Fsp3) is 0.556. The Balaban J connectivity index is 2.74. The molecule has 0 saturated heterocycles. The summed E-state index contributed by atoms with van der Waals surface area (Å²) in [6.45, 7) is 6.11. The fourth-order valence-electron chi connectivity index (χ4n) is 1.04. The average molecular weight is 181 g/mol. The molecule has 1 aromatic heterocycles. The largest absolute Gasteiger partial charge is 0.369 e. The Bertz CT molecular complexity index is 314. The maximum absolute atomic E-state index is 11.0. The van der Waals surface area contributed by atoms with Gasteiger partial charge in [-0.15, -0.1) is 0 Å². The Morgan fingerprint density at radius 2 is 2.31 bits per heavy atom. The number of aryl methyl sites for hydroxylation is 1. The van der Waals surface area contributed by atoms with E-state index in [9.17, 15) is 4.79 Å². The van der Waals surface area contributed by atoms with Gasteiger partial charge in [-0.25, -0.2) is 0 Å². The molecule has 13 heavy (non-hydrogen) atoms. The van der Waals surface area contributed by atoms with Crippen molar-refractivity contribution in [3.05, 3.63) is 18.0 Å². The van der Waals surface area contributed by atoms with Crippen LogP contribution in [-0.2, 0) is 11.3 Å². The number of nitrogens with zero attached hydrogens (tertiary/aromatic N) is 2. The molecule has 1 heterocycles. The lowest BCUT2D eigenvalue weighted by atomic mass is 9.93. The average Bonchev–Trinajstić information content (AvgIpc) is 2.34. The van der Waals surface area contributed by atoms with Crippen molar-refractivity contribution in [3.63, 3.8) is 0 Å². The molecule has 0 saturated carbocycles. The summed E-state index contributed by atoms with van der Waals surface area (Å²) in [7, 11) is 0. The zero-order valence-corrected chi connectivity index (χ0v) is 8.24. The Morgan fingerprint density at radius 3 is 2.69 bits per heavy atom. The van der Waals surface area contributed by atoms with E-state index >= 15 is 0 Å². The first kappa shape index (κ1) is 9.77. The lowest BCUT2D eigenvalue weighted by molar-refractivity contribution is -0.126. The number of rotatable bonds is 3. The molecule has 0 radical (unpaired) electrons. The SMILES string of the molecule is Cc1cnn(CC(C)(C)C(N)=O)c1. The zero-order valence-electron chi connectivity index (χ0n) is 8.24. The van der Waals surface area contributed by atoms with Gasteiger partial charge in [0.15, 0.2) is 0 Å². The third-order valence-corrected chi connectivity index (χ3v) is 1.99. The molecule has 0 spiro atoms. The van der Waals surface area contributed by atoms with Gasteiger partial charge in [-0.1, -0.05) is 0 Å². The second kappa shape index (κ2) is 3.20. The summed E-state index contributed by atoms with van der Waals surface area (Å²) >= 11 is 0. The molecule has 1 rings (SSSR count). The molecular weight excluding hydrogens is 166 g/mol. The van der Waals surface area contributed by atoms with Crippen LogP contribution in [0.5, 0.6) is 0 Å². The highest BCUT2D eigenvalue weighted by Crippen LogP contribution is 2.16. The van der Waals surface area contributed by atoms with E-state index < -0.39 is 5.41 Å². The number of hydrogen-bond acceptors (Lipinski definition) is 2. The van der Waals surface area contributed by atoms with Gasteiger partial charge >= 0.3 is 0 Å². The van der Waals surface area contributed by atoms with Crippen LogP contribution in [0.15, 0.2) is 12.4 Å². The first-order valence-electron chi connectivity index (χ1n) is 4.21. The van der Waals surface area contributed by atoms with Gasteiger partial charge < -0.3 is 5.73 Å². The number of aromatic nitrogens is 2. The zero-order chi connectivity index (χ0) is 10.1. The molecule has 4 heteroatoms. The molecule has 0 atom stereocenters. The molecule has 2 N–H and O–H groups in total. The maximum Gasteiger partial charge on any atom is 0.224 e. The molecule has 0 unspecified atom stereocenters. The van der Waals surface area contributed by atoms with Crippen LogP contribution in [0, 0.1) is 12.3 Å². The molecule has 72 valence electrons. The smallest absolute Gasteiger partial charge is 0.224 e. The van der Waals surface area contributed by atoms with Crippen LogP contribution in [0.2, 0.25) is 0 Å². The molecule has 4 nitrogen and oxygen atoms in total. The van der Waals surface area contributed by atoms with Crippen LogP contribution in [0.4, 0.5) is 0 Å². The summed E-state index contributed by atoms with van der Waals surface area (Å²) in [6.07, 6.45) is 3.65. The van der Waals surface area contributed by atoms with Crippen molar-refractivity contribution in [2.75, 3.05) is 0 Å². The van der Waals surface area contributed by atoms with Crippen molar-refractivity contribution >= 4 is 5.91 Å². The number of nitrogens with two attached hydrogens (primary N) is 1. The Labute approximate surface area is 77.7 Å². The minimum absolute atomic E-state index is 0.305. The lowest BCUT2D eigenvalue weighted by Crippen LogP contribution is -2.35. The molecule has 1 amide bonds. The second-order valence-corrected chi connectivity index (χ2v) is 3.96. The van der Waals surface area contributed by atoms with Crippen molar-refractivity contribution in [1.29, 1.82) is 0 Å². The molecule has 0 aliphatic carbocycles. The molecular formula is C9H15N3O. The van der Waals surface area contributed by atoms with Gasteiger partial charge in [-0.05, 0) is 26.3 Å². The topological polar surface area (TPSA) is 60.9 Å². The van der Waals surface area contributed by atoms with E-state index in [1.165, 1.54) is 0 Å². The van der Waals surface area contributed by atoms with E-state index in [-0.39, 0.29) is 5.91 Å². The molecule has 0 bridgehead atoms.